The maximum absolute atomic E-state index is 10.9. The van der Waals surface area contributed by atoms with Crippen molar-refractivity contribution in [2.45, 2.75) is 27.0 Å². The Bertz CT molecular complexity index is 590. The summed E-state index contributed by atoms with van der Waals surface area (Å²) in [4.78, 5) is 10.9. The number of ether oxygens (including phenoxy) is 1. The number of carboxylic acid groups (broad SMARTS) is 1. The van der Waals surface area contributed by atoms with Crippen molar-refractivity contribution in [1.82, 2.24) is 9.78 Å². The second kappa shape index (κ2) is 5.56. The smallest absolute Gasteiger partial charge is 0.356 e. The lowest BCUT2D eigenvalue weighted by Gasteiger charge is -2.09. The Morgan fingerprint density at radius 2 is 2.16 bits per heavy atom. The molecule has 0 bridgehead atoms. The van der Waals surface area contributed by atoms with Crippen LogP contribution in [0.25, 0.3) is 0 Å². The van der Waals surface area contributed by atoms with Gasteiger partial charge in [-0.3, -0.25) is 4.68 Å². The van der Waals surface area contributed by atoms with Crippen molar-refractivity contribution in [2.75, 3.05) is 0 Å². The van der Waals surface area contributed by atoms with E-state index in [4.69, 9.17) is 9.84 Å². The van der Waals surface area contributed by atoms with E-state index in [1.165, 1.54) is 0 Å². The topological polar surface area (TPSA) is 64.4 Å². The maximum Gasteiger partial charge on any atom is 0.356 e. The van der Waals surface area contributed by atoms with E-state index in [9.17, 15) is 4.79 Å². The molecule has 1 heterocycles. The molecule has 0 amide bonds. The highest BCUT2D eigenvalue weighted by atomic mass is 16.5. The third kappa shape index (κ3) is 2.93. The zero-order valence-electron chi connectivity index (χ0n) is 11.0. The minimum absolute atomic E-state index is 0.0465. The van der Waals surface area contributed by atoms with Crippen molar-refractivity contribution >= 4 is 5.97 Å². The largest absolute Gasteiger partial charge is 0.487 e. The van der Waals surface area contributed by atoms with Crippen LogP contribution < -0.4 is 4.74 Å². The zero-order chi connectivity index (χ0) is 13.8. The van der Waals surface area contributed by atoms with Gasteiger partial charge < -0.3 is 9.84 Å². The Morgan fingerprint density at radius 1 is 1.42 bits per heavy atom. The van der Waals surface area contributed by atoms with Gasteiger partial charge in [0.2, 0.25) is 0 Å². The fraction of sp³-hybridized carbons (Fsp3) is 0.286. The fourth-order valence-electron chi connectivity index (χ4n) is 1.82. The van der Waals surface area contributed by atoms with E-state index in [1.54, 1.807) is 10.7 Å². The Kier molecular flexibility index (Phi) is 3.85. The Hall–Kier alpha value is -2.30. The molecule has 5 heteroatoms. The lowest BCUT2D eigenvalue weighted by Crippen LogP contribution is -2.07. The van der Waals surface area contributed by atoms with Crippen molar-refractivity contribution in [3.05, 3.63) is 47.3 Å². The van der Waals surface area contributed by atoms with Crippen LogP contribution in [0.5, 0.6) is 5.75 Å². The molecule has 19 heavy (non-hydrogen) atoms. The maximum atomic E-state index is 10.9. The number of carboxylic acids is 1. The highest BCUT2D eigenvalue weighted by Gasteiger charge is 2.12. The standard InChI is InChI=1S/C14H16N2O3/c1-3-16-11(8-12(15-16)14(17)18)9-19-13-7-5-4-6-10(13)2/h4-8H,3,9H2,1-2H3,(H,17,18). The molecule has 1 N–H and O–H groups in total. The molecule has 2 aromatic rings. The van der Waals surface area contributed by atoms with Gasteiger partial charge in [0, 0.05) is 6.54 Å². The number of nitrogens with zero attached hydrogens (tertiary/aromatic N) is 2. The molecule has 0 spiro atoms. The number of hydrogen-bond acceptors (Lipinski definition) is 3. The third-order valence-electron chi connectivity index (χ3n) is 2.85. The molecule has 0 atom stereocenters. The van der Waals surface area contributed by atoms with E-state index in [-0.39, 0.29) is 5.69 Å². The number of para-hydroxylation sites is 1. The number of aromatic carboxylic acids is 1. The molecule has 0 saturated heterocycles. The van der Waals surface area contributed by atoms with Gasteiger partial charge in [-0.25, -0.2) is 4.79 Å². The van der Waals surface area contributed by atoms with Crippen LogP contribution in [0.4, 0.5) is 0 Å². The summed E-state index contributed by atoms with van der Waals surface area (Å²) in [7, 11) is 0. The predicted molar refractivity (Wildman–Crippen MR) is 70.4 cm³/mol. The lowest BCUT2D eigenvalue weighted by atomic mass is 10.2. The van der Waals surface area contributed by atoms with Crippen LogP contribution >= 0.6 is 0 Å². The SMILES string of the molecule is CCn1nc(C(=O)O)cc1COc1ccccc1C. The molecule has 0 radical (unpaired) electrons. The first-order valence-electron chi connectivity index (χ1n) is 6.10. The summed E-state index contributed by atoms with van der Waals surface area (Å²) in [5, 5.41) is 12.9. The summed E-state index contributed by atoms with van der Waals surface area (Å²) < 4.78 is 7.35. The number of hydrogen-bond donors (Lipinski definition) is 1. The Balaban J connectivity index is 2.15. The van der Waals surface area contributed by atoms with E-state index in [0.717, 1.165) is 17.0 Å². The van der Waals surface area contributed by atoms with Gasteiger partial charge in [-0.2, -0.15) is 5.10 Å². The van der Waals surface area contributed by atoms with Crippen LogP contribution in [0, 0.1) is 6.92 Å². The molecular weight excluding hydrogens is 244 g/mol. The Morgan fingerprint density at radius 3 is 2.79 bits per heavy atom. The average molecular weight is 260 g/mol. The number of rotatable bonds is 5. The lowest BCUT2D eigenvalue weighted by molar-refractivity contribution is 0.0689. The van der Waals surface area contributed by atoms with Crippen LogP contribution in [-0.4, -0.2) is 20.9 Å². The fourth-order valence-corrected chi connectivity index (χ4v) is 1.82. The first kappa shape index (κ1) is 13.1. The monoisotopic (exact) mass is 260 g/mol. The Labute approximate surface area is 111 Å². The van der Waals surface area contributed by atoms with Gasteiger partial charge in [0.05, 0.1) is 5.69 Å². The molecule has 1 aromatic heterocycles. The van der Waals surface area contributed by atoms with E-state index in [1.807, 2.05) is 38.1 Å². The summed E-state index contributed by atoms with van der Waals surface area (Å²) in [6.07, 6.45) is 0. The van der Waals surface area contributed by atoms with Crippen molar-refractivity contribution < 1.29 is 14.6 Å². The summed E-state index contributed by atoms with van der Waals surface area (Å²) in [6, 6.07) is 9.25. The minimum atomic E-state index is -1.02. The first-order chi connectivity index (χ1) is 9.11. The van der Waals surface area contributed by atoms with Gasteiger partial charge in [-0.15, -0.1) is 0 Å². The molecule has 0 unspecified atom stereocenters. The number of aryl methyl sites for hydroxylation is 2. The number of carbonyl (C=O) groups is 1. The van der Waals surface area contributed by atoms with Crippen LogP contribution in [0.3, 0.4) is 0 Å². The van der Waals surface area contributed by atoms with Crippen LogP contribution in [0.2, 0.25) is 0 Å². The molecule has 0 aliphatic heterocycles. The second-order valence-electron chi connectivity index (χ2n) is 4.20. The van der Waals surface area contributed by atoms with Crippen molar-refractivity contribution in [1.29, 1.82) is 0 Å². The third-order valence-corrected chi connectivity index (χ3v) is 2.85. The molecule has 0 fully saturated rings. The highest BCUT2D eigenvalue weighted by molar-refractivity contribution is 5.85. The average Bonchev–Trinajstić information content (AvgIpc) is 2.81. The van der Waals surface area contributed by atoms with Crippen LogP contribution in [-0.2, 0) is 13.2 Å². The minimum Gasteiger partial charge on any atom is -0.487 e. The quantitative estimate of drug-likeness (QED) is 0.897. The number of aromatic nitrogens is 2. The summed E-state index contributed by atoms with van der Waals surface area (Å²) in [5.41, 5.74) is 1.84. The number of benzene rings is 1. The molecule has 0 aliphatic rings. The van der Waals surface area contributed by atoms with Gasteiger partial charge in [-0.05, 0) is 31.5 Å². The van der Waals surface area contributed by atoms with Crippen molar-refractivity contribution in [3.8, 4) is 5.75 Å². The zero-order valence-corrected chi connectivity index (χ0v) is 11.0. The van der Waals surface area contributed by atoms with Gasteiger partial charge in [0.15, 0.2) is 5.69 Å². The molecule has 100 valence electrons. The first-order valence-corrected chi connectivity index (χ1v) is 6.10. The van der Waals surface area contributed by atoms with Crippen LogP contribution in [0.15, 0.2) is 30.3 Å². The molecule has 0 aliphatic carbocycles. The molecule has 5 nitrogen and oxygen atoms in total. The normalized spacial score (nSPS) is 10.4. The van der Waals surface area contributed by atoms with E-state index in [0.29, 0.717) is 13.2 Å². The van der Waals surface area contributed by atoms with E-state index in [2.05, 4.69) is 5.10 Å². The van der Waals surface area contributed by atoms with Gasteiger partial charge in [-0.1, -0.05) is 18.2 Å². The van der Waals surface area contributed by atoms with E-state index < -0.39 is 5.97 Å². The summed E-state index contributed by atoms with van der Waals surface area (Å²) >= 11 is 0. The highest BCUT2D eigenvalue weighted by Crippen LogP contribution is 2.18. The molecule has 2 rings (SSSR count). The predicted octanol–water partition coefficient (Wildman–Crippen LogP) is 2.49. The summed E-state index contributed by atoms with van der Waals surface area (Å²) in [6.45, 7) is 4.80. The second-order valence-corrected chi connectivity index (χ2v) is 4.20. The molecule has 0 saturated carbocycles. The van der Waals surface area contributed by atoms with E-state index >= 15 is 0 Å². The van der Waals surface area contributed by atoms with Crippen molar-refractivity contribution in [3.63, 3.8) is 0 Å². The van der Waals surface area contributed by atoms with Gasteiger partial charge >= 0.3 is 5.97 Å². The van der Waals surface area contributed by atoms with Gasteiger partial charge in [0.25, 0.3) is 0 Å². The summed E-state index contributed by atoms with van der Waals surface area (Å²) in [5.74, 6) is -0.229. The molecular formula is C14H16N2O3. The van der Waals surface area contributed by atoms with Crippen LogP contribution in [0.1, 0.15) is 28.7 Å². The molecule has 1 aromatic carbocycles. The van der Waals surface area contributed by atoms with Crippen molar-refractivity contribution in [2.24, 2.45) is 0 Å². The van der Waals surface area contributed by atoms with Gasteiger partial charge in [0.1, 0.15) is 12.4 Å².